The average Bonchev–Trinajstić information content (AvgIpc) is 3.18. The summed E-state index contributed by atoms with van der Waals surface area (Å²) >= 11 is 0. The summed E-state index contributed by atoms with van der Waals surface area (Å²) in [6, 6.07) is 11.5. The zero-order valence-electron chi connectivity index (χ0n) is 17.5. The lowest BCUT2D eigenvalue weighted by Crippen LogP contribution is -2.34. The molecule has 0 aliphatic carbocycles. The fourth-order valence-corrected chi connectivity index (χ4v) is 5.31. The van der Waals surface area contributed by atoms with E-state index < -0.39 is 10.0 Å². The molecule has 1 aliphatic heterocycles. The first kappa shape index (κ1) is 20.8. The Morgan fingerprint density at radius 3 is 2.63 bits per heavy atom. The normalized spacial score (nSPS) is 16.8. The van der Waals surface area contributed by atoms with Gasteiger partial charge in [0.05, 0.1) is 11.0 Å². The topological polar surface area (TPSA) is 91.0 Å². The quantitative estimate of drug-likeness (QED) is 0.598. The van der Waals surface area contributed by atoms with E-state index in [1.54, 1.807) is 12.1 Å². The number of aromatic nitrogens is 3. The van der Waals surface area contributed by atoms with Crippen molar-refractivity contribution >= 4 is 26.9 Å². The van der Waals surface area contributed by atoms with Gasteiger partial charge in [-0.1, -0.05) is 25.5 Å². The Bertz CT molecular complexity index is 1050. The Morgan fingerprint density at radius 1 is 1.20 bits per heavy atom. The van der Waals surface area contributed by atoms with Gasteiger partial charge in [-0.15, -0.1) is 0 Å². The molecule has 0 bridgehead atoms. The van der Waals surface area contributed by atoms with Crippen LogP contribution in [0.3, 0.4) is 0 Å². The summed E-state index contributed by atoms with van der Waals surface area (Å²) in [4.78, 5) is 15.1. The van der Waals surface area contributed by atoms with E-state index in [1.165, 1.54) is 6.20 Å². The van der Waals surface area contributed by atoms with Crippen LogP contribution < -0.4 is 9.62 Å². The first-order chi connectivity index (χ1) is 14.5. The van der Waals surface area contributed by atoms with E-state index >= 15 is 0 Å². The van der Waals surface area contributed by atoms with E-state index in [9.17, 15) is 8.42 Å². The van der Waals surface area contributed by atoms with Crippen molar-refractivity contribution in [1.82, 2.24) is 19.7 Å². The number of nitrogens with zero attached hydrogens (tertiary/aromatic N) is 3. The molecule has 0 amide bonds. The molecule has 1 aromatic carbocycles. The summed E-state index contributed by atoms with van der Waals surface area (Å²) < 4.78 is 27.7. The van der Waals surface area contributed by atoms with Crippen LogP contribution in [0.25, 0.3) is 11.0 Å². The third-order valence-electron chi connectivity index (χ3n) is 5.72. The highest BCUT2D eigenvalue weighted by Crippen LogP contribution is 2.29. The first-order valence-electron chi connectivity index (χ1n) is 10.6. The second-order valence-electron chi connectivity index (χ2n) is 8.06. The third kappa shape index (κ3) is 4.49. The molecule has 1 fully saturated rings. The minimum Gasteiger partial charge on any atom is -0.357 e. The second kappa shape index (κ2) is 8.73. The lowest BCUT2D eigenvalue weighted by atomic mass is 9.96. The number of hydrogen-bond donors (Lipinski definition) is 2. The van der Waals surface area contributed by atoms with Gasteiger partial charge in [0, 0.05) is 31.2 Å². The number of anilines is 1. The molecule has 1 aliphatic rings. The Balaban J connectivity index is 1.39. The summed E-state index contributed by atoms with van der Waals surface area (Å²) in [7, 11) is -3.53. The molecule has 30 heavy (non-hydrogen) atoms. The van der Waals surface area contributed by atoms with Gasteiger partial charge < -0.3 is 9.88 Å². The molecular formula is C22H29N5O2S. The molecule has 7 nitrogen and oxygen atoms in total. The molecule has 1 atom stereocenters. The molecule has 160 valence electrons. The number of nitrogens with one attached hydrogen (secondary N) is 2. The molecular weight excluding hydrogens is 398 g/mol. The van der Waals surface area contributed by atoms with Crippen molar-refractivity contribution in [2.24, 2.45) is 0 Å². The molecule has 2 aromatic heterocycles. The Morgan fingerprint density at radius 2 is 1.97 bits per heavy atom. The fourth-order valence-electron chi connectivity index (χ4n) is 4.09. The number of aromatic amines is 1. The average molecular weight is 428 g/mol. The number of pyridine rings is 1. The lowest BCUT2D eigenvalue weighted by molar-refractivity contribution is 0.487. The second-order valence-corrected chi connectivity index (χ2v) is 9.78. The number of para-hydroxylation sites is 2. The highest BCUT2D eigenvalue weighted by molar-refractivity contribution is 7.89. The van der Waals surface area contributed by atoms with Crippen molar-refractivity contribution in [1.29, 1.82) is 0 Å². The summed E-state index contributed by atoms with van der Waals surface area (Å²) in [5.74, 6) is 2.27. The van der Waals surface area contributed by atoms with Crippen LogP contribution >= 0.6 is 0 Å². The highest BCUT2D eigenvalue weighted by Gasteiger charge is 2.24. The smallest absolute Gasteiger partial charge is 0.242 e. The van der Waals surface area contributed by atoms with Gasteiger partial charge in [-0.2, -0.15) is 0 Å². The van der Waals surface area contributed by atoms with Gasteiger partial charge in [-0.05, 0) is 50.5 Å². The molecule has 2 N–H and O–H groups in total. The van der Waals surface area contributed by atoms with E-state index in [0.717, 1.165) is 61.4 Å². The van der Waals surface area contributed by atoms with E-state index in [-0.39, 0.29) is 10.9 Å². The summed E-state index contributed by atoms with van der Waals surface area (Å²) in [5.41, 5.74) is 2.09. The Labute approximate surface area is 178 Å². The largest absolute Gasteiger partial charge is 0.357 e. The van der Waals surface area contributed by atoms with Gasteiger partial charge in [0.15, 0.2) is 0 Å². The molecule has 0 saturated carbocycles. The Kier molecular flexibility index (Phi) is 6.06. The molecule has 1 unspecified atom stereocenters. The molecule has 8 heteroatoms. The van der Waals surface area contributed by atoms with Gasteiger partial charge in [0.1, 0.15) is 16.5 Å². The SMILES string of the molecule is CCCC(C)NS(=O)(=O)c1ccc(N2CCC(c3nc4ccccc4[nH]3)CC2)nc1. The molecule has 0 radical (unpaired) electrons. The van der Waals surface area contributed by atoms with E-state index in [1.807, 2.05) is 32.0 Å². The summed E-state index contributed by atoms with van der Waals surface area (Å²) in [6.45, 7) is 5.66. The predicted molar refractivity (Wildman–Crippen MR) is 119 cm³/mol. The van der Waals surface area contributed by atoms with E-state index in [0.29, 0.717) is 5.92 Å². The van der Waals surface area contributed by atoms with Crippen LogP contribution in [0.15, 0.2) is 47.5 Å². The standard InChI is InChI=1S/C22H29N5O2S/c1-3-6-16(2)26-30(28,29)18-9-10-21(23-15-18)27-13-11-17(12-14-27)22-24-19-7-4-5-8-20(19)25-22/h4-5,7-10,15-17,26H,3,6,11-14H2,1-2H3,(H,24,25). The minimum absolute atomic E-state index is 0.0862. The van der Waals surface area contributed by atoms with Gasteiger partial charge in [-0.3, -0.25) is 0 Å². The van der Waals surface area contributed by atoms with Crippen molar-refractivity contribution in [2.45, 2.75) is 56.4 Å². The molecule has 4 rings (SSSR count). The number of imidazole rings is 1. The molecule has 1 saturated heterocycles. The van der Waals surface area contributed by atoms with E-state index in [2.05, 4.69) is 25.7 Å². The molecule has 3 aromatic rings. The number of rotatable bonds is 7. The molecule has 0 spiro atoms. The lowest BCUT2D eigenvalue weighted by Gasteiger charge is -2.32. The number of benzene rings is 1. The zero-order chi connectivity index (χ0) is 21.1. The maximum Gasteiger partial charge on any atom is 0.242 e. The van der Waals surface area contributed by atoms with Crippen LogP contribution in [-0.4, -0.2) is 42.5 Å². The maximum absolute atomic E-state index is 12.5. The third-order valence-corrected chi connectivity index (χ3v) is 7.30. The zero-order valence-corrected chi connectivity index (χ0v) is 18.3. The van der Waals surface area contributed by atoms with Crippen LogP contribution in [0.2, 0.25) is 0 Å². The van der Waals surface area contributed by atoms with Crippen molar-refractivity contribution in [2.75, 3.05) is 18.0 Å². The van der Waals surface area contributed by atoms with Gasteiger partial charge >= 0.3 is 0 Å². The van der Waals surface area contributed by atoms with Crippen LogP contribution in [0.4, 0.5) is 5.82 Å². The van der Waals surface area contributed by atoms with Crippen LogP contribution in [-0.2, 0) is 10.0 Å². The number of piperidine rings is 1. The minimum atomic E-state index is -3.53. The van der Waals surface area contributed by atoms with Crippen molar-refractivity contribution < 1.29 is 8.42 Å². The van der Waals surface area contributed by atoms with Crippen LogP contribution in [0.1, 0.15) is 51.3 Å². The number of H-pyrrole nitrogens is 1. The molecule has 3 heterocycles. The number of fused-ring (bicyclic) bond motifs is 1. The summed E-state index contributed by atoms with van der Waals surface area (Å²) in [6.07, 6.45) is 5.17. The predicted octanol–water partition coefficient (Wildman–Crippen LogP) is 3.81. The number of sulfonamides is 1. The van der Waals surface area contributed by atoms with E-state index in [4.69, 9.17) is 4.98 Å². The number of hydrogen-bond acceptors (Lipinski definition) is 5. The highest BCUT2D eigenvalue weighted by atomic mass is 32.2. The van der Waals surface area contributed by atoms with Gasteiger partial charge in [-0.25, -0.2) is 23.1 Å². The maximum atomic E-state index is 12.5. The van der Waals surface area contributed by atoms with Crippen molar-refractivity contribution in [3.05, 3.63) is 48.4 Å². The van der Waals surface area contributed by atoms with Gasteiger partial charge in [0.25, 0.3) is 0 Å². The van der Waals surface area contributed by atoms with Crippen molar-refractivity contribution in [3.63, 3.8) is 0 Å². The monoisotopic (exact) mass is 427 g/mol. The van der Waals surface area contributed by atoms with Crippen LogP contribution in [0.5, 0.6) is 0 Å². The Hall–Kier alpha value is -2.45. The van der Waals surface area contributed by atoms with Crippen LogP contribution in [0, 0.1) is 0 Å². The summed E-state index contributed by atoms with van der Waals surface area (Å²) in [5, 5.41) is 0. The van der Waals surface area contributed by atoms with Crippen molar-refractivity contribution in [3.8, 4) is 0 Å². The first-order valence-corrected chi connectivity index (χ1v) is 12.1. The fraction of sp³-hybridized carbons (Fsp3) is 0.455. The van der Waals surface area contributed by atoms with Gasteiger partial charge in [0.2, 0.25) is 10.0 Å².